The Bertz CT molecular complexity index is 406. The summed E-state index contributed by atoms with van der Waals surface area (Å²) in [5.41, 5.74) is 2.62. The zero-order chi connectivity index (χ0) is 13.8. The first-order valence-corrected chi connectivity index (χ1v) is 8.19. The van der Waals surface area contributed by atoms with E-state index in [-0.39, 0.29) is 6.29 Å². The molecule has 20 heavy (non-hydrogen) atoms. The Balaban J connectivity index is 1.62. The minimum Gasteiger partial charge on any atom is -0.346 e. The average Bonchev–Trinajstić information content (AvgIpc) is 3.03. The van der Waals surface area contributed by atoms with Crippen LogP contribution in [0, 0.1) is 11.8 Å². The molecule has 1 saturated heterocycles. The van der Waals surface area contributed by atoms with Gasteiger partial charge in [0.2, 0.25) is 0 Å². The molecule has 3 rings (SSSR count). The molecule has 1 aliphatic carbocycles. The van der Waals surface area contributed by atoms with Gasteiger partial charge in [-0.3, -0.25) is 0 Å². The number of ether oxygens (including phenoxy) is 2. The lowest BCUT2D eigenvalue weighted by atomic mass is 9.75. The van der Waals surface area contributed by atoms with Gasteiger partial charge in [0.1, 0.15) is 0 Å². The van der Waals surface area contributed by atoms with E-state index < -0.39 is 0 Å². The molecule has 110 valence electrons. The fraction of sp³-hybridized carbons (Fsp3) is 0.667. The first-order chi connectivity index (χ1) is 9.86. The summed E-state index contributed by atoms with van der Waals surface area (Å²) in [6.07, 6.45) is 8.14. The maximum absolute atomic E-state index is 5.54. The van der Waals surface area contributed by atoms with E-state index in [0.717, 1.165) is 17.4 Å². The molecule has 0 bridgehead atoms. The van der Waals surface area contributed by atoms with Crippen LogP contribution < -0.4 is 0 Å². The van der Waals surface area contributed by atoms with E-state index in [4.69, 9.17) is 9.47 Å². The summed E-state index contributed by atoms with van der Waals surface area (Å²) in [6.45, 7) is 3.78. The molecule has 0 aromatic heterocycles. The molecule has 2 unspecified atom stereocenters. The lowest BCUT2D eigenvalue weighted by Gasteiger charge is -2.31. The van der Waals surface area contributed by atoms with Gasteiger partial charge in [0.25, 0.3) is 0 Å². The highest BCUT2D eigenvalue weighted by molar-refractivity contribution is 5.24. The molecule has 0 amide bonds. The van der Waals surface area contributed by atoms with Crippen molar-refractivity contribution < 1.29 is 9.47 Å². The second-order valence-corrected chi connectivity index (χ2v) is 6.23. The van der Waals surface area contributed by atoms with Crippen LogP contribution in [0.1, 0.15) is 56.4 Å². The molecule has 1 aromatic carbocycles. The Morgan fingerprint density at radius 2 is 1.60 bits per heavy atom. The monoisotopic (exact) mass is 274 g/mol. The van der Waals surface area contributed by atoms with Gasteiger partial charge in [-0.2, -0.15) is 0 Å². The Morgan fingerprint density at radius 3 is 2.25 bits per heavy atom. The van der Waals surface area contributed by atoms with E-state index in [1.54, 1.807) is 0 Å². The van der Waals surface area contributed by atoms with Gasteiger partial charge in [0.15, 0.2) is 6.29 Å². The van der Waals surface area contributed by atoms with Crippen molar-refractivity contribution in [1.82, 2.24) is 0 Å². The zero-order valence-corrected chi connectivity index (χ0v) is 12.5. The Morgan fingerprint density at radius 1 is 0.950 bits per heavy atom. The summed E-state index contributed by atoms with van der Waals surface area (Å²) >= 11 is 0. The molecule has 2 nitrogen and oxygen atoms in total. The van der Waals surface area contributed by atoms with Crippen molar-refractivity contribution in [2.24, 2.45) is 11.8 Å². The second-order valence-electron chi connectivity index (χ2n) is 6.23. The fourth-order valence-corrected chi connectivity index (χ4v) is 3.76. The molecular formula is C18H26O2. The van der Waals surface area contributed by atoms with Crippen LogP contribution in [0.15, 0.2) is 24.3 Å². The number of benzene rings is 1. The maximum atomic E-state index is 5.54. The predicted octanol–water partition coefficient (Wildman–Crippen LogP) is 4.49. The third kappa shape index (κ3) is 3.24. The zero-order valence-electron chi connectivity index (χ0n) is 12.5. The molecule has 1 aromatic rings. The number of hydrogen-bond acceptors (Lipinski definition) is 2. The van der Waals surface area contributed by atoms with Crippen molar-refractivity contribution in [2.75, 3.05) is 13.2 Å². The summed E-state index contributed by atoms with van der Waals surface area (Å²) in [4.78, 5) is 0. The van der Waals surface area contributed by atoms with E-state index in [0.29, 0.717) is 13.2 Å². The average molecular weight is 274 g/mol. The molecule has 2 atom stereocenters. The topological polar surface area (TPSA) is 18.5 Å². The standard InChI is InChI=1S/C18H26O2/c1-2-15-5-3-4-6-17(15)13-14-7-9-16(10-8-14)18-19-11-12-20-18/h7-10,15,17-18H,2-6,11-13H2,1H3. The summed E-state index contributed by atoms with van der Waals surface area (Å²) < 4.78 is 11.1. The van der Waals surface area contributed by atoms with Crippen molar-refractivity contribution in [3.63, 3.8) is 0 Å². The van der Waals surface area contributed by atoms with Crippen LogP contribution >= 0.6 is 0 Å². The SMILES string of the molecule is CCC1CCCCC1Cc1ccc(C2OCCO2)cc1. The van der Waals surface area contributed by atoms with Gasteiger partial charge in [-0.1, -0.05) is 56.9 Å². The quantitative estimate of drug-likeness (QED) is 0.805. The molecule has 2 aliphatic rings. The first kappa shape index (κ1) is 14.1. The lowest BCUT2D eigenvalue weighted by Crippen LogP contribution is -2.20. The van der Waals surface area contributed by atoms with Crippen LogP contribution in [0.25, 0.3) is 0 Å². The van der Waals surface area contributed by atoms with Gasteiger partial charge in [-0.15, -0.1) is 0 Å². The normalized spacial score (nSPS) is 27.9. The van der Waals surface area contributed by atoms with E-state index >= 15 is 0 Å². The Kier molecular flexibility index (Phi) is 4.74. The molecular weight excluding hydrogens is 248 g/mol. The fourth-order valence-electron chi connectivity index (χ4n) is 3.76. The molecule has 1 saturated carbocycles. The van der Waals surface area contributed by atoms with E-state index in [2.05, 4.69) is 31.2 Å². The Labute approximate surface area is 122 Å². The first-order valence-electron chi connectivity index (χ1n) is 8.19. The minimum absolute atomic E-state index is 0.137. The van der Waals surface area contributed by atoms with Crippen molar-refractivity contribution in [2.45, 2.75) is 51.7 Å². The smallest absolute Gasteiger partial charge is 0.184 e. The third-order valence-electron chi connectivity index (χ3n) is 4.96. The molecule has 2 fully saturated rings. The molecule has 1 aliphatic heterocycles. The van der Waals surface area contributed by atoms with Crippen LogP contribution in [-0.2, 0) is 15.9 Å². The minimum atomic E-state index is -0.137. The summed E-state index contributed by atoms with van der Waals surface area (Å²) in [5, 5.41) is 0. The van der Waals surface area contributed by atoms with Crippen LogP contribution in [0.2, 0.25) is 0 Å². The van der Waals surface area contributed by atoms with Crippen LogP contribution in [0.5, 0.6) is 0 Å². The van der Waals surface area contributed by atoms with E-state index in [9.17, 15) is 0 Å². The van der Waals surface area contributed by atoms with Gasteiger partial charge >= 0.3 is 0 Å². The summed E-state index contributed by atoms with van der Waals surface area (Å²) in [6, 6.07) is 8.88. The highest BCUT2D eigenvalue weighted by Crippen LogP contribution is 2.34. The second kappa shape index (κ2) is 6.73. The Hall–Kier alpha value is -0.860. The van der Waals surface area contributed by atoms with Gasteiger partial charge in [0, 0.05) is 5.56 Å². The van der Waals surface area contributed by atoms with Crippen LogP contribution in [-0.4, -0.2) is 13.2 Å². The molecule has 0 radical (unpaired) electrons. The van der Waals surface area contributed by atoms with Crippen molar-refractivity contribution >= 4 is 0 Å². The maximum Gasteiger partial charge on any atom is 0.184 e. The van der Waals surface area contributed by atoms with Crippen LogP contribution in [0.4, 0.5) is 0 Å². The van der Waals surface area contributed by atoms with Crippen molar-refractivity contribution in [3.8, 4) is 0 Å². The highest BCUT2D eigenvalue weighted by atomic mass is 16.7. The number of rotatable bonds is 4. The molecule has 2 heteroatoms. The van der Waals surface area contributed by atoms with Crippen LogP contribution in [0.3, 0.4) is 0 Å². The predicted molar refractivity (Wildman–Crippen MR) is 80.5 cm³/mol. The van der Waals surface area contributed by atoms with Gasteiger partial charge in [-0.05, 0) is 30.2 Å². The van der Waals surface area contributed by atoms with E-state index in [1.165, 1.54) is 44.1 Å². The van der Waals surface area contributed by atoms with Gasteiger partial charge < -0.3 is 9.47 Å². The molecule has 0 spiro atoms. The van der Waals surface area contributed by atoms with Gasteiger partial charge in [-0.25, -0.2) is 0 Å². The third-order valence-corrected chi connectivity index (χ3v) is 4.96. The molecule has 0 N–H and O–H groups in total. The van der Waals surface area contributed by atoms with Gasteiger partial charge in [0.05, 0.1) is 13.2 Å². The van der Waals surface area contributed by atoms with Crippen molar-refractivity contribution in [3.05, 3.63) is 35.4 Å². The largest absolute Gasteiger partial charge is 0.346 e. The summed E-state index contributed by atoms with van der Waals surface area (Å²) in [7, 11) is 0. The summed E-state index contributed by atoms with van der Waals surface area (Å²) in [5.74, 6) is 1.82. The van der Waals surface area contributed by atoms with Crippen molar-refractivity contribution in [1.29, 1.82) is 0 Å². The lowest BCUT2D eigenvalue weighted by molar-refractivity contribution is -0.0441. The highest BCUT2D eigenvalue weighted by Gasteiger charge is 2.24. The van der Waals surface area contributed by atoms with E-state index in [1.807, 2.05) is 0 Å². The molecule has 1 heterocycles. The number of hydrogen-bond donors (Lipinski definition) is 0.